The van der Waals surface area contributed by atoms with Gasteiger partial charge in [-0.25, -0.2) is 0 Å². The van der Waals surface area contributed by atoms with E-state index < -0.39 is 5.41 Å². The minimum Gasteiger partial charge on any atom is -0.493 e. The highest BCUT2D eigenvalue weighted by Crippen LogP contribution is 2.28. The number of carbonyl (C=O) groups excluding carboxylic acids is 1. The van der Waals surface area contributed by atoms with Gasteiger partial charge in [0.2, 0.25) is 5.91 Å². The molecule has 2 aromatic rings. The Morgan fingerprint density at radius 3 is 2.44 bits per heavy atom. The molecule has 3 nitrogen and oxygen atoms in total. The normalized spacial score (nSPS) is 11.2. The number of hydrogen-bond donors (Lipinski definition) is 0. The zero-order valence-corrected chi connectivity index (χ0v) is 16.0. The topological polar surface area (TPSA) is 29.5 Å². The van der Waals surface area contributed by atoms with Gasteiger partial charge in [-0.1, -0.05) is 44.2 Å². The van der Waals surface area contributed by atoms with Gasteiger partial charge in [-0.2, -0.15) is 0 Å². The molecule has 2 rings (SSSR count). The van der Waals surface area contributed by atoms with E-state index in [0.29, 0.717) is 6.61 Å². The molecule has 0 unspecified atom stereocenters. The Kier molecular flexibility index (Phi) is 6.24. The summed E-state index contributed by atoms with van der Waals surface area (Å²) in [6.45, 7) is 8.75. The maximum atomic E-state index is 12.8. The Labute approximate surface area is 151 Å². The summed E-state index contributed by atoms with van der Waals surface area (Å²) in [6, 6.07) is 16.0. The summed E-state index contributed by atoms with van der Waals surface area (Å²) in [5, 5.41) is 0. The number of ether oxygens (including phenoxy) is 1. The fourth-order valence-corrected chi connectivity index (χ4v) is 2.89. The first-order valence-corrected chi connectivity index (χ1v) is 8.84. The van der Waals surface area contributed by atoms with Crippen molar-refractivity contribution in [3.63, 3.8) is 0 Å². The van der Waals surface area contributed by atoms with E-state index in [1.54, 1.807) is 4.90 Å². The van der Waals surface area contributed by atoms with Crippen LogP contribution in [0.5, 0.6) is 5.75 Å². The maximum Gasteiger partial charge on any atom is 0.232 e. The van der Waals surface area contributed by atoms with Gasteiger partial charge in [0.25, 0.3) is 0 Å². The van der Waals surface area contributed by atoms with E-state index >= 15 is 0 Å². The van der Waals surface area contributed by atoms with Crippen molar-refractivity contribution in [2.24, 2.45) is 5.41 Å². The number of benzene rings is 2. The van der Waals surface area contributed by atoms with Crippen molar-refractivity contribution in [1.82, 2.24) is 0 Å². The molecule has 0 saturated carbocycles. The van der Waals surface area contributed by atoms with E-state index in [-0.39, 0.29) is 5.91 Å². The summed E-state index contributed by atoms with van der Waals surface area (Å²) in [6.07, 6.45) is 1.63. The monoisotopic (exact) mass is 339 g/mol. The fourth-order valence-electron chi connectivity index (χ4n) is 2.89. The number of hydrogen-bond acceptors (Lipinski definition) is 2. The zero-order valence-electron chi connectivity index (χ0n) is 16.0. The highest BCUT2D eigenvalue weighted by molar-refractivity contribution is 5.96. The molecule has 3 heteroatoms. The predicted octanol–water partition coefficient (Wildman–Crippen LogP) is 5.15. The van der Waals surface area contributed by atoms with Gasteiger partial charge in [0.15, 0.2) is 0 Å². The van der Waals surface area contributed by atoms with E-state index in [1.807, 2.05) is 51.2 Å². The van der Waals surface area contributed by atoms with E-state index in [0.717, 1.165) is 29.8 Å². The summed E-state index contributed by atoms with van der Waals surface area (Å²) in [5.41, 5.74) is 2.84. The SMILES string of the molecule is Cc1ccc(C)c(OCCCC(C)(C)C(=O)N(C)c2ccccc2)c1. The van der Waals surface area contributed by atoms with Crippen molar-refractivity contribution >= 4 is 11.6 Å². The second-order valence-corrected chi connectivity index (χ2v) is 7.30. The fraction of sp³-hybridized carbons (Fsp3) is 0.409. The van der Waals surface area contributed by atoms with Crippen LogP contribution in [0.1, 0.15) is 37.8 Å². The number of para-hydroxylation sites is 1. The Bertz CT molecular complexity index is 707. The smallest absolute Gasteiger partial charge is 0.232 e. The summed E-state index contributed by atoms with van der Waals surface area (Å²) < 4.78 is 5.91. The first-order chi connectivity index (χ1) is 11.8. The molecule has 1 amide bonds. The Balaban J connectivity index is 1.88. The summed E-state index contributed by atoms with van der Waals surface area (Å²) in [5.74, 6) is 1.07. The Morgan fingerprint density at radius 2 is 1.76 bits per heavy atom. The van der Waals surface area contributed by atoms with Crippen LogP contribution >= 0.6 is 0 Å². The van der Waals surface area contributed by atoms with Crippen LogP contribution in [0.25, 0.3) is 0 Å². The van der Waals surface area contributed by atoms with Crippen LogP contribution in [0.3, 0.4) is 0 Å². The summed E-state index contributed by atoms with van der Waals surface area (Å²) in [7, 11) is 1.84. The average Bonchev–Trinajstić information content (AvgIpc) is 2.61. The second-order valence-electron chi connectivity index (χ2n) is 7.30. The maximum absolute atomic E-state index is 12.8. The van der Waals surface area contributed by atoms with Crippen molar-refractivity contribution in [3.8, 4) is 5.75 Å². The van der Waals surface area contributed by atoms with E-state index in [4.69, 9.17) is 4.74 Å². The van der Waals surface area contributed by atoms with Crippen LogP contribution < -0.4 is 9.64 Å². The molecule has 0 radical (unpaired) electrons. The molecule has 0 aliphatic rings. The van der Waals surface area contributed by atoms with E-state index in [2.05, 4.69) is 32.0 Å². The molecule has 0 N–H and O–H groups in total. The van der Waals surface area contributed by atoms with Gasteiger partial charge in [-0.3, -0.25) is 4.79 Å². The van der Waals surface area contributed by atoms with Crippen LogP contribution in [0, 0.1) is 19.3 Å². The third-order valence-electron chi connectivity index (χ3n) is 4.57. The molecule has 0 atom stereocenters. The predicted molar refractivity (Wildman–Crippen MR) is 104 cm³/mol. The average molecular weight is 339 g/mol. The highest BCUT2D eigenvalue weighted by atomic mass is 16.5. The molecule has 0 aromatic heterocycles. The van der Waals surface area contributed by atoms with Crippen molar-refractivity contribution < 1.29 is 9.53 Å². The second kappa shape index (κ2) is 8.19. The van der Waals surface area contributed by atoms with Crippen LogP contribution in [0.2, 0.25) is 0 Å². The van der Waals surface area contributed by atoms with Gasteiger partial charge >= 0.3 is 0 Å². The van der Waals surface area contributed by atoms with Gasteiger partial charge in [-0.15, -0.1) is 0 Å². The quantitative estimate of drug-likeness (QED) is 0.653. The summed E-state index contributed by atoms with van der Waals surface area (Å²) >= 11 is 0. The molecule has 0 bridgehead atoms. The first kappa shape index (κ1) is 19.0. The first-order valence-electron chi connectivity index (χ1n) is 8.84. The van der Waals surface area contributed by atoms with Gasteiger partial charge < -0.3 is 9.64 Å². The van der Waals surface area contributed by atoms with Gasteiger partial charge in [0, 0.05) is 18.2 Å². The zero-order chi connectivity index (χ0) is 18.4. The third kappa shape index (κ3) is 5.09. The third-order valence-corrected chi connectivity index (χ3v) is 4.57. The van der Waals surface area contributed by atoms with Crippen LogP contribution in [0.4, 0.5) is 5.69 Å². The number of carbonyl (C=O) groups is 1. The molecule has 0 aliphatic carbocycles. The number of amides is 1. The Hall–Kier alpha value is -2.29. The van der Waals surface area contributed by atoms with Gasteiger partial charge in [0.1, 0.15) is 5.75 Å². The van der Waals surface area contributed by atoms with Gasteiger partial charge in [0.05, 0.1) is 6.61 Å². The molecule has 134 valence electrons. The molecule has 25 heavy (non-hydrogen) atoms. The van der Waals surface area contributed by atoms with Crippen LogP contribution in [0.15, 0.2) is 48.5 Å². The molecule has 0 heterocycles. The molecule has 2 aromatic carbocycles. The minimum atomic E-state index is -0.421. The van der Waals surface area contributed by atoms with Crippen molar-refractivity contribution in [1.29, 1.82) is 0 Å². The van der Waals surface area contributed by atoms with Gasteiger partial charge in [-0.05, 0) is 56.0 Å². The van der Waals surface area contributed by atoms with Crippen LogP contribution in [-0.2, 0) is 4.79 Å². The van der Waals surface area contributed by atoms with E-state index in [1.165, 1.54) is 5.56 Å². The Morgan fingerprint density at radius 1 is 1.08 bits per heavy atom. The lowest BCUT2D eigenvalue weighted by Crippen LogP contribution is -2.38. The molecular formula is C22H29NO2. The lowest BCUT2D eigenvalue weighted by molar-refractivity contribution is -0.126. The highest BCUT2D eigenvalue weighted by Gasteiger charge is 2.30. The lowest BCUT2D eigenvalue weighted by Gasteiger charge is -2.29. The molecular weight excluding hydrogens is 310 g/mol. The molecule has 0 aliphatic heterocycles. The number of anilines is 1. The van der Waals surface area contributed by atoms with E-state index in [9.17, 15) is 4.79 Å². The lowest BCUT2D eigenvalue weighted by atomic mass is 9.86. The van der Waals surface area contributed by atoms with Crippen molar-refractivity contribution in [2.45, 2.75) is 40.5 Å². The molecule has 0 spiro atoms. The number of rotatable bonds is 7. The van der Waals surface area contributed by atoms with Crippen molar-refractivity contribution in [2.75, 3.05) is 18.6 Å². The number of aryl methyl sites for hydroxylation is 2. The molecule has 0 saturated heterocycles. The minimum absolute atomic E-state index is 0.130. The number of nitrogens with zero attached hydrogens (tertiary/aromatic N) is 1. The standard InChI is InChI=1S/C22H29NO2/c1-17-12-13-18(2)20(16-17)25-15-9-14-22(3,4)21(24)23(5)19-10-7-6-8-11-19/h6-8,10-13,16H,9,14-15H2,1-5H3. The van der Waals surface area contributed by atoms with Crippen LogP contribution in [-0.4, -0.2) is 19.6 Å². The molecule has 0 fully saturated rings. The van der Waals surface area contributed by atoms with Crippen molar-refractivity contribution in [3.05, 3.63) is 59.7 Å². The summed E-state index contributed by atoms with van der Waals surface area (Å²) in [4.78, 5) is 14.6. The largest absolute Gasteiger partial charge is 0.493 e.